The molecule has 0 aliphatic carbocycles. The smallest absolute Gasteiger partial charge is 0.255 e. The first-order chi connectivity index (χ1) is 13.8. The average molecular weight is 427 g/mol. The van der Waals surface area contributed by atoms with Crippen LogP contribution in [0, 0.1) is 0 Å². The molecule has 0 radical (unpaired) electrons. The molecule has 0 saturated carbocycles. The van der Waals surface area contributed by atoms with Gasteiger partial charge in [0.2, 0.25) is 15.9 Å². The lowest BCUT2D eigenvalue weighted by atomic mass is 10.00. The van der Waals surface area contributed by atoms with Crippen LogP contribution < -0.4 is 5.56 Å². The lowest BCUT2D eigenvalue weighted by Gasteiger charge is -2.36. The second kappa shape index (κ2) is 8.93. The predicted molar refractivity (Wildman–Crippen MR) is 108 cm³/mol. The molecule has 1 N–H and O–H groups in total. The molecule has 162 valence electrons. The topological polar surface area (TPSA) is 113 Å². The third-order valence-electron chi connectivity index (χ3n) is 5.67. The van der Waals surface area contributed by atoms with Crippen molar-refractivity contribution in [1.29, 1.82) is 0 Å². The van der Waals surface area contributed by atoms with E-state index in [0.29, 0.717) is 49.6 Å². The van der Waals surface area contributed by atoms with Crippen LogP contribution in [-0.2, 0) is 32.5 Å². The lowest BCUT2D eigenvalue weighted by Crippen LogP contribution is -2.44. The Hall–Kier alpha value is -1.78. The van der Waals surface area contributed by atoms with E-state index in [1.165, 1.54) is 4.31 Å². The zero-order valence-electron chi connectivity index (χ0n) is 17.3. The fourth-order valence-corrected chi connectivity index (χ4v) is 5.19. The molecule has 0 unspecified atom stereocenters. The molecule has 3 rings (SSSR count). The molecule has 1 fully saturated rings. The third kappa shape index (κ3) is 4.54. The molecule has 3 heterocycles. The van der Waals surface area contributed by atoms with Gasteiger partial charge in [-0.05, 0) is 33.1 Å². The number of H-pyrrole nitrogens is 1. The molecule has 1 aromatic heterocycles. The average Bonchev–Trinajstić information content (AvgIpc) is 2.71. The highest BCUT2D eigenvalue weighted by Crippen LogP contribution is 2.30. The molecule has 2 aliphatic rings. The number of piperidine rings is 1. The van der Waals surface area contributed by atoms with Crippen molar-refractivity contribution in [2.45, 2.75) is 63.8 Å². The Balaban J connectivity index is 1.87. The van der Waals surface area contributed by atoms with E-state index in [2.05, 4.69) is 9.97 Å². The van der Waals surface area contributed by atoms with Gasteiger partial charge in [0.1, 0.15) is 5.82 Å². The zero-order valence-corrected chi connectivity index (χ0v) is 18.1. The fraction of sp³-hybridized carbons (Fsp3) is 0.737. The van der Waals surface area contributed by atoms with Crippen molar-refractivity contribution in [1.82, 2.24) is 19.2 Å². The maximum atomic E-state index is 12.8. The summed E-state index contributed by atoms with van der Waals surface area (Å²) in [5.74, 6) is 0.491. The Labute approximate surface area is 171 Å². The lowest BCUT2D eigenvalue weighted by molar-refractivity contribution is -0.136. The number of methoxy groups -OCH3 is 1. The summed E-state index contributed by atoms with van der Waals surface area (Å²) >= 11 is 0. The van der Waals surface area contributed by atoms with E-state index in [1.807, 2.05) is 0 Å². The van der Waals surface area contributed by atoms with Crippen LogP contribution >= 0.6 is 0 Å². The van der Waals surface area contributed by atoms with Gasteiger partial charge in [0.05, 0.1) is 35.6 Å². The number of nitrogens with zero attached hydrogens (tertiary/aromatic N) is 3. The Morgan fingerprint density at radius 3 is 2.76 bits per heavy atom. The van der Waals surface area contributed by atoms with Crippen molar-refractivity contribution in [3.63, 3.8) is 0 Å². The second-order valence-electron chi connectivity index (χ2n) is 7.90. The molecule has 1 atom stereocenters. The molecule has 0 spiro atoms. The number of sulfonamides is 1. The molecular weight excluding hydrogens is 396 g/mol. The number of aromatic nitrogens is 2. The first kappa shape index (κ1) is 21.9. The van der Waals surface area contributed by atoms with E-state index in [4.69, 9.17) is 4.74 Å². The number of nitrogens with one attached hydrogen (secondary N) is 1. The number of carbonyl (C=O) groups is 1. The number of hydrogen-bond acceptors (Lipinski definition) is 6. The summed E-state index contributed by atoms with van der Waals surface area (Å²) in [6, 6.07) is -0.261. The number of rotatable bonds is 6. The maximum Gasteiger partial charge on any atom is 0.255 e. The number of likely N-dealkylation sites (tertiary alicyclic amines) is 1. The van der Waals surface area contributed by atoms with Crippen molar-refractivity contribution in [3.05, 3.63) is 27.4 Å². The minimum Gasteiger partial charge on any atom is -0.384 e. The number of fused-ring (bicyclic) bond motifs is 1. The Kier molecular flexibility index (Phi) is 6.75. The summed E-state index contributed by atoms with van der Waals surface area (Å²) in [6.07, 6.45) is 3.31. The van der Waals surface area contributed by atoms with Crippen LogP contribution in [0.2, 0.25) is 0 Å². The summed E-state index contributed by atoms with van der Waals surface area (Å²) in [5, 5.41) is -0.538. The monoisotopic (exact) mass is 426 g/mol. The van der Waals surface area contributed by atoms with Crippen LogP contribution in [-0.4, -0.2) is 65.6 Å². The van der Waals surface area contributed by atoms with Gasteiger partial charge >= 0.3 is 0 Å². The normalized spacial score (nSPS) is 20.7. The van der Waals surface area contributed by atoms with Crippen LogP contribution in [0.4, 0.5) is 0 Å². The van der Waals surface area contributed by atoms with Crippen molar-refractivity contribution >= 4 is 15.9 Å². The number of amides is 1. The Bertz CT molecular complexity index is 912. The van der Waals surface area contributed by atoms with E-state index in [0.717, 1.165) is 19.3 Å². The minimum absolute atomic E-state index is 0.00822. The summed E-state index contributed by atoms with van der Waals surface area (Å²) < 4.78 is 31.3. The Morgan fingerprint density at radius 1 is 1.31 bits per heavy atom. The second-order valence-corrected chi connectivity index (χ2v) is 10.4. The fourth-order valence-electron chi connectivity index (χ4n) is 3.94. The third-order valence-corrected chi connectivity index (χ3v) is 7.89. The van der Waals surface area contributed by atoms with Crippen molar-refractivity contribution < 1.29 is 17.9 Å². The summed E-state index contributed by atoms with van der Waals surface area (Å²) in [4.78, 5) is 34.6. The molecule has 0 bridgehead atoms. The van der Waals surface area contributed by atoms with Gasteiger partial charge in [-0.2, -0.15) is 4.31 Å². The van der Waals surface area contributed by atoms with Gasteiger partial charge in [0, 0.05) is 33.2 Å². The molecular formula is C19H30N4O5S. The highest BCUT2D eigenvalue weighted by molar-refractivity contribution is 7.89. The van der Waals surface area contributed by atoms with Crippen molar-refractivity contribution in [2.24, 2.45) is 0 Å². The number of carbonyl (C=O) groups excluding carboxylic acids is 1. The Morgan fingerprint density at radius 2 is 2.07 bits per heavy atom. The zero-order chi connectivity index (χ0) is 21.2. The van der Waals surface area contributed by atoms with Crippen LogP contribution in [0.15, 0.2) is 4.79 Å². The van der Waals surface area contributed by atoms with E-state index in [9.17, 15) is 18.0 Å². The molecule has 1 aromatic rings. The van der Waals surface area contributed by atoms with Gasteiger partial charge in [0.15, 0.2) is 0 Å². The molecule has 0 aromatic carbocycles. The van der Waals surface area contributed by atoms with Gasteiger partial charge in [0.25, 0.3) is 5.56 Å². The molecule has 10 heteroatoms. The minimum atomic E-state index is -3.43. The SMILES string of the molecule is COCCC(=O)N1CCCC[C@H]1c1nc2c(c(=O)[nH]1)CN(S(=O)(=O)C(C)C)CC2. The molecule has 1 amide bonds. The quantitative estimate of drug-likeness (QED) is 0.725. The van der Waals surface area contributed by atoms with Crippen LogP contribution in [0.5, 0.6) is 0 Å². The highest BCUT2D eigenvalue weighted by Gasteiger charge is 2.34. The molecule has 29 heavy (non-hydrogen) atoms. The molecule has 2 aliphatic heterocycles. The van der Waals surface area contributed by atoms with E-state index in [1.54, 1.807) is 25.9 Å². The molecule has 1 saturated heterocycles. The van der Waals surface area contributed by atoms with Crippen LogP contribution in [0.3, 0.4) is 0 Å². The van der Waals surface area contributed by atoms with Gasteiger partial charge in [-0.3, -0.25) is 9.59 Å². The number of aromatic amines is 1. The van der Waals surface area contributed by atoms with Crippen molar-refractivity contribution in [2.75, 3.05) is 26.8 Å². The van der Waals surface area contributed by atoms with Gasteiger partial charge in [-0.25, -0.2) is 13.4 Å². The van der Waals surface area contributed by atoms with Crippen LogP contribution in [0.1, 0.15) is 62.7 Å². The maximum absolute atomic E-state index is 12.8. The van der Waals surface area contributed by atoms with E-state index >= 15 is 0 Å². The predicted octanol–water partition coefficient (Wildman–Crippen LogP) is 0.956. The van der Waals surface area contributed by atoms with Gasteiger partial charge in [-0.1, -0.05) is 0 Å². The van der Waals surface area contributed by atoms with E-state index in [-0.39, 0.29) is 24.1 Å². The number of hydrogen-bond donors (Lipinski definition) is 1. The van der Waals surface area contributed by atoms with Gasteiger partial charge < -0.3 is 14.6 Å². The van der Waals surface area contributed by atoms with Gasteiger partial charge in [-0.15, -0.1) is 0 Å². The van der Waals surface area contributed by atoms with Crippen molar-refractivity contribution in [3.8, 4) is 0 Å². The summed E-state index contributed by atoms with van der Waals surface area (Å²) in [6.45, 7) is 4.61. The summed E-state index contributed by atoms with van der Waals surface area (Å²) in [5.41, 5.74) is 0.717. The van der Waals surface area contributed by atoms with Crippen LogP contribution in [0.25, 0.3) is 0 Å². The first-order valence-electron chi connectivity index (χ1n) is 10.1. The largest absolute Gasteiger partial charge is 0.384 e. The first-order valence-corrected chi connectivity index (χ1v) is 11.6. The molecule has 9 nitrogen and oxygen atoms in total. The highest BCUT2D eigenvalue weighted by atomic mass is 32.2. The standard InChI is InChI=1S/C19H30N4O5S/c1-13(2)29(26,27)22-10-7-15-14(12-22)19(25)21-18(20-15)16-6-4-5-9-23(16)17(24)8-11-28-3/h13,16H,4-12H2,1-3H3,(H,20,21,25)/t16-/m0/s1. The van der Waals surface area contributed by atoms with E-state index < -0.39 is 15.3 Å². The summed E-state index contributed by atoms with van der Waals surface area (Å²) in [7, 11) is -1.87. The number of ether oxygens (including phenoxy) is 1.